The van der Waals surface area contributed by atoms with Gasteiger partial charge in [0, 0.05) is 12.2 Å². The molecule has 0 bridgehead atoms. The summed E-state index contributed by atoms with van der Waals surface area (Å²) in [6.45, 7) is 5.17. The Bertz CT molecular complexity index is 494. The third-order valence-electron chi connectivity index (χ3n) is 2.66. The van der Waals surface area contributed by atoms with E-state index in [0.717, 1.165) is 18.7 Å². The van der Waals surface area contributed by atoms with Crippen LogP contribution in [0.5, 0.6) is 0 Å². The molecule has 0 saturated heterocycles. The first kappa shape index (κ1) is 12.5. The highest BCUT2D eigenvalue weighted by molar-refractivity contribution is 5.49. The summed E-state index contributed by atoms with van der Waals surface area (Å²) in [6.07, 6.45) is 3.92. The molecule has 0 aliphatic rings. The average Bonchev–Trinajstić information content (AvgIpc) is 2.82. The largest absolute Gasteiger partial charge is 0.385 e. The highest BCUT2D eigenvalue weighted by atomic mass is 19.1. The van der Waals surface area contributed by atoms with Gasteiger partial charge in [-0.15, -0.1) is 0 Å². The third-order valence-corrected chi connectivity index (χ3v) is 2.66. The molecule has 0 saturated carbocycles. The maximum Gasteiger partial charge on any atom is 0.150 e. The number of halogens is 1. The van der Waals surface area contributed by atoms with E-state index >= 15 is 0 Å². The second kappa shape index (κ2) is 5.62. The van der Waals surface area contributed by atoms with Crippen LogP contribution in [0.25, 0.3) is 5.69 Å². The number of nitrogens with one attached hydrogen (secondary N) is 1. The van der Waals surface area contributed by atoms with Crippen molar-refractivity contribution in [3.05, 3.63) is 36.7 Å². The van der Waals surface area contributed by atoms with Gasteiger partial charge in [-0.2, -0.15) is 5.10 Å². The van der Waals surface area contributed by atoms with Gasteiger partial charge in [-0.25, -0.2) is 14.1 Å². The Morgan fingerprint density at radius 1 is 1.39 bits per heavy atom. The molecule has 0 spiro atoms. The zero-order valence-electron chi connectivity index (χ0n) is 10.6. The SMILES string of the molecule is CC(C)CCNc1ccc(-n2cncn2)c(F)c1. The number of benzene rings is 1. The number of nitrogens with zero attached hydrogens (tertiary/aromatic N) is 3. The molecule has 4 nitrogen and oxygen atoms in total. The van der Waals surface area contributed by atoms with E-state index in [1.807, 2.05) is 6.07 Å². The van der Waals surface area contributed by atoms with Gasteiger partial charge in [0.25, 0.3) is 0 Å². The van der Waals surface area contributed by atoms with Crippen LogP contribution in [-0.2, 0) is 0 Å². The van der Waals surface area contributed by atoms with Crippen LogP contribution >= 0.6 is 0 Å². The minimum Gasteiger partial charge on any atom is -0.385 e. The lowest BCUT2D eigenvalue weighted by molar-refractivity contribution is 0.603. The van der Waals surface area contributed by atoms with Crippen molar-refractivity contribution in [3.63, 3.8) is 0 Å². The van der Waals surface area contributed by atoms with Crippen LogP contribution in [0.2, 0.25) is 0 Å². The van der Waals surface area contributed by atoms with Crippen LogP contribution in [0, 0.1) is 11.7 Å². The van der Waals surface area contributed by atoms with Gasteiger partial charge in [-0.3, -0.25) is 0 Å². The molecule has 0 aliphatic heterocycles. The van der Waals surface area contributed by atoms with Gasteiger partial charge in [0.1, 0.15) is 18.3 Å². The predicted molar refractivity (Wildman–Crippen MR) is 69.3 cm³/mol. The van der Waals surface area contributed by atoms with Crippen molar-refractivity contribution in [1.29, 1.82) is 0 Å². The van der Waals surface area contributed by atoms with Gasteiger partial charge in [-0.1, -0.05) is 13.8 Å². The van der Waals surface area contributed by atoms with Crippen LogP contribution in [0.1, 0.15) is 20.3 Å². The Morgan fingerprint density at radius 3 is 2.83 bits per heavy atom. The quantitative estimate of drug-likeness (QED) is 0.884. The standard InChI is InChI=1S/C13H17FN4/c1-10(2)5-6-16-11-3-4-13(12(14)7-11)18-9-15-8-17-18/h3-4,7-10,16H,5-6H2,1-2H3. The fourth-order valence-corrected chi connectivity index (χ4v) is 1.64. The molecule has 0 fully saturated rings. The molecule has 0 atom stereocenters. The second-order valence-electron chi connectivity index (χ2n) is 4.62. The summed E-state index contributed by atoms with van der Waals surface area (Å²) >= 11 is 0. The van der Waals surface area contributed by atoms with Crippen molar-refractivity contribution in [1.82, 2.24) is 14.8 Å². The van der Waals surface area contributed by atoms with Gasteiger partial charge in [0.05, 0.1) is 0 Å². The Hall–Kier alpha value is -1.91. The molecule has 1 N–H and O–H groups in total. The van der Waals surface area contributed by atoms with Crippen LogP contribution in [0.3, 0.4) is 0 Å². The average molecular weight is 248 g/mol. The third kappa shape index (κ3) is 3.06. The van der Waals surface area contributed by atoms with Gasteiger partial charge in [0.15, 0.2) is 5.82 Å². The monoisotopic (exact) mass is 248 g/mol. The summed E-state index contributed by atoms with van der Waals surface area (Å²) in [5, 5.41) is 7.11. The maximum atomic E-state index is 13.9. The summed E-state index contributed by atoms with van der Waals surface area (Å²) in [5.41, 5.74) is 1.19. The van der Waals surface area contributed by atoms with Crippen LogP contribution in [0.4, 0.5) is 10.1 Å². The van der Waals surface area contributed by atoms with E-state index in [2.05, 4.69) is 29.2 Å². The Balaban J connectivity index is 2.06. The zero-order chi connectivity index (χ0) is 13.0. The normalized spacial score (nSPS) is 10.9. The number of rotatable bonds is 5. The number of aromatic nitrogens is 3. The van der Waals surface area contributed by atoms with E-state index in [1.54, 1.807) is 6.07 Å². The summed E-state index contributed by atoms with van der Waals surface area (Å²) in [6, 6.07) is 5.03. The molecule has 1 aromatic heterocycles. The molecule has 18 heavy (non-hydrogen) atoms. The molecule has 0 unspecified atom stereocenters. The Labute approximate surface area is 106 Å². The molecule has 1 aromatic carbocycles. The molecular formula is C13H17FN4. The first-order valence-corrected chi connectivity index (χ1v) is 6.05. The van der Waals surface area contributed by atoms with Crippen LogP contribution < -0.4 is 5.32 Å². The van der Waals surface area contributed by atoms with Crippen molar-refractivity contribution in [2.24, 2.45) is 5.92 Å². The van der Waals surface area contributed by atoms with E-state index in [-0.39, 0.29) is 5.82 Å². The lowest BCUT2D eigenvalue weighted by Gasteiger charge is -2.10. The number of hydrogen-bond donors (Lipinski definition) is 1. The first-order valence-electron chi connectivity index (χ1n) is 6.05. The topological polar surface area (TPSA) is 42.7 Å². The van der Waals surface area contributed by atoms with E-state index in [9.17, 15) is 4.39 Å². The molecule has 0 aliphatic carbocycles. The van der Waals surface area contributed by atoms with E-state index in [0.29, 0.717) is 11.6 Å². The van der Waals surface area contributed by atoms with E-state index in [1.165, 1.54) is 23.4 Å². The van der Waals surface area contributed by atoms with Gasteiger partial charge < -0.3 is 5.32 Å². The maximum absolute atomic E-state index is 13.9. The van der Waals surface area contributed by atoms with E-state index in [4.69, 9.17) is 0 Å². The van der Waals surface area contributed by atoms with Gasteiger partial charge in [-0.05, 0) is 30.5 Å². The summed E-state index contributed by atoms with van der Waals surface area (Å²) in [5.74, 6) is 0.326. The molecule has 2 aromatic rings. The van der Waals surface area contributed by atoms with Crippen molar-refractivity contribution in [2.75, 3.05) is 11.9 Å². The summed E-state index contributed by atoms with van der Waals surface area (Å²) in [4.78, 5) is 3.80. The smallest absolute Gasteiger partial charge is 0.150 e. The first-order chi connectivity index (χ1) is 8.66. The van der Waals surface area contributed by atoms with Crippen LogP contribution in [0.15, 0.2) is 30.9 Å². The van der Waals surface area contributed by atoms with Crippen LogP contribution in [-0.4, -0.2) is 21.3 Å². The highest BCUT2D eigenvalue weighted by Crippen LogP contribution is 2.17. The molecule has 1 heterocycles. The molecule has 0 amide bonds. The molecule has 0 radical (unpaired) electrons. The van der Waals surface area contributed by atoms with Crippen molar-refractivity contribution in [3.8, 4) is 5.69 Å². The summed E-state index contributed by atoms with van der Waals surface area (Å²) < 4.78 is 15.3. The van der Waals surface area contributed by atoms with E-state index < -0.39 is 0 Å². The van der Waals surface area contributed by atoms with Gasteiger partial charge >= 0.3 is 0 Å². The molecule has 2 rings (SSSR count). The minimum atomic E-state index is -0.310. The highest BCUT2D eigenvalue weighted by Gasteiger charge is 2.06. The minimum absolute atomic E-state index is 0.310. The lowest BCUT2D eigenvalue weighted by atomic mass is 10.1. The molecular weight excluding hydrogens is 231 g/mol. The number of hydrogen-bond acceptors (Lipinski definition) is 3. The lowest BCUT2D eigenvalue weighted by Crippen LogP contribution is -2.06. The molecule has 96 valence electrons. The number of anilines is 1. The summed E-state index contributed by atoms with van der Waals surface area (Å²) in [7, 11) is 0. The Kier molecular flexibility index (Phi) is 3.92. The fraction of sp³-hybridized carbons (Fsp3) is 0.385. The van der Waals surface area contributed by atoms with Crippen molar-refractivity contribution in [2.45, 2.75) is 20.3 Å². The van der Waals surface area contributed by atoms with Gasteiger partial charge in [0.2, 0.25) is 0 Å². The Morgan fingerprint density at radius 2 is 2.22 bits per heavy atom. The van der Waals surface area contributed by atoms with Crippen molar-refractivity contribution >= 4 is 5.69 Å². The van der Waals surface area contributed by atoms with Crippen molar-refractivity contribution < 1.29 is 4.39 Å². The molecule has 5 heteroatoms. The fourth-order valence-electron chi connectivity index (χ4n) is 1.64. The predicted octanol–water partition coefficient (Wildman–Crippen LogP) is 2.86. The second-order valence-corrected chi connectivity index (χ2v) is 4.62. The zero-order valence-corrected chi connectivity index (χ0v) is 10.6.